The number of methoxy groups -OCH3 is 1. The van der Waals surface area contributed by atoms with Gasteiger partial charge in [-0.2, -0.15) is 0 Å². The van der Waals surface area contributed by atoms with Crippen LogP contribution >= 0.6 is 0 Å². The van der Waals surface area contributed by atoms with E-state index in [1.807, 2.05) is 13.0 Å². The van der Waals surface area contributed by atoms with Gasteiger partial charge in [0.2, 0.25) is 0 Å². The van der Waals surface area contributed by atoms with Gasteiger partial charge in [-0.25, -0.2) is 14.8 Å². The normalized spacial score (nSPS) is 10.2. The van der Waals surface area contributed by atoms with Crippen LogP contribution in [-0.4, -0.2) is 40.7 Å². The van der Waals surface area contributed by atoms with Crippen LogP contribution in [0.2, 0.25) is 0 Å². The summed E-state index contributed by atoms with van der Waals surface area (Å²) in [6.45, 7) is 2.87. The largest absolute Gasteiger partial charge is 0.493 e. The highest BCUT2D eigenvalue weighted by atomic mass is 16.5. The van der Waals surface area contributed by atoms with Crippen molar-refractivity contribution in [3.8, 4) is 11.5 Å². The number of amides is 1. The minimum Gasteiger partial charge on any atom is -0.493 e. The van der Waals surface area contributed by atoms with Crippen molar-refractivity contribution in [3.05, 3.63) is 47.5 Å². The molecule has 2 N–H and O–H groups in total. The second-order valence-corrected chi connectivity index (χ2v) is 5.11. The number of aromatic carboxylic acids is 1. The van der Waals surface area contributed by atoms with E-state index in [-0.39, 0.29) is 17.9 Å². The number of nitrogens with zero attached hydrogens (tertiary/aromatic N) is 2. The number of carboxylic acid groups (broad SMARTS) is 1. The second-order valence-electron chi connectivity index (χ2n) is 5.11. The van der Waals surface area contributed by atoms with Crippen molar-refractivity contribution in [2.75, 3.05) is 13.7 Å². The maximum atomic E-state index is 12.0. The third-order valence-electron chi connectivity index (χ3n) is 3.25. The Kier molecular flexibility index (Phi) is 6.27. The van der Waals surface area contributed by atoms with E-state index < -0.39 is 11.9 Å². The molecule has 1 amide bonds. The summed E-state index contributed by atoms with van der Waals surface area (Å²) in [5.41, 5.74) is 0.646. The van der Waals surface area contributed by atoms with Crippen molar-refractivity contribution in [2.24, 2.45) is 0 Å². The summed E-state index contributed by atoms with van der Waals surface area (Å²) in [4.78, 5) is 30.2. The summed E-state index contributed by atoms with van der Waals surface area (Å²) < 4.78 is 10.9. The number of carboxylic acids is 1. The third kappa shape index (κ3) is 4.90. The number of rotatable bonds is 8. The zero-order chi connectivity index (χ0) is 18.2. The van der Waals surface area contributed by atoms with Crippen LogP contribution in [0.5, 0.6) is 11.5 Å². The number of aromatic nitrogens is 2. The van der Waals surface area contributed by atoms with Gasteiger partial charge in [-0.3, -0.25) is 4.79 Å². The van der Waals surface area contributed by atoms with E-state index in [0.717, 1.165) is 24.4 Å². The van der Waals surface area contributed by atoms with Crippen LogP contribution in [0.4, 0.5) is 0 Å². The molecule has 1 heterocycles. The predicted octanol–water partition coefficient (Wildman–Crippen LogP) is 1.90. The summed E-state index contributed by atoms with van der Waals surface area (Å²) in [6.07, 6.45) is 3.06. The number of benzene rings is 1. The van der Waals surface area contributed by atoms with Crippen LogP contribution in [-0.2, 0) is 6.54 Å². The minimum absolute atomic E-state index is 0.0415. The van der Waals surface area contributed by atoms with E-state index in [0.29, 0.717) is 18.1 Å². The lowest BCUT2D eigenvalue weighted by molar-refractivity contribution is 0.0689. The van der Waals surface area contributed by atoms with Crippen molar-refractivity contribution in [2.45, 2.75) is 19.9 Å². The molecule has 0 fully saturated rings. The van der Waals surface area contributed by atoms with Crippen LogP contribution in [0.25, 0.3) is 0 Å². The summed E-state index contributed by atoms with van der Waals surface area (Å²) in [7, 11) is 1.55. The molecule has 0 aliphatic rings. The molecule has 25 heavy (non-hydrogen) atoms. The number of nitrogens with one attached hydrogen (secondary N) is 1. The number of carbonyl (C=O) groups is 2. The van der Waals surface area contributed by atoms with Gasteiger partial charge in [0.05, 0.1) is 26.1 Å². The Morgan fingerprint density at radius 1 is 1.16 bits per heavy atom. The number of ether oxygens (including phenoxy) is 2. The molecular formula is C17H19N3O5. The lowest BCUT2D eigenvalue weighted by atomic mass is 10.2. The Hall–Kier alpha value is -3.16. The molecular weight excluding hydrogens is 326 g/mol. The monoisotopic (exact) mass is 345 g/mol. The molecule has 2 rings (SSSR count). The first kappa shape index (κ1) is 18.2. The molecule has 0 radical (unpaired) electrons. The summed E-state index contributed by atoms with van der Waals surface area (Å²) >= 11 is 0. The Labute approximate surface area is 144 Å². The number of carbonyl (C=O) groups excluding carboxylic acids is 1. The highest BCUT2D eigenvalue weighted by molar-refractivity contribution is 5.92. The lowest BCUT2D eigenvalue weighted by Crippen LogP contribution is -2.24. The Bertz CT molecular complexity index is 746. The second kappa shape index (κ2) is 8.62. The van der Waals surface area contributed by atoms with Gasteiger partial charge in [0.15, 0.2) is 17.2 Å². The molecule has 0 aliphatic heterocycles. The Balaban J connectivity index is 2.00. The predicted molar refractivity (Wildman–Crippen MR) is 88.9 cm³/mol. The molecule has 0 aliphatic carbocycles. The van der Waals surface area contributed by atoms with Crippen LogP contribution in [0.1, 0.15) is 39.9 Å². The van der Waals surface area contributed by atoms with Crippen LogP contribution in [0, 0.1) is 0 Å². The maximum absolute atomic E-state index is 12.0. The van der Waals surface area contributed by atoms with Gasteiger partial charge in [-0.05, 0) is 24.1 Å². The highest BCUT2D eigenvalue weighted by Gasteiger charge is 2.11. The highest BCUT2D eigenvalue weighted by Crippen LogP contribution is 2.28. The molecule has 0 bridgehead atoms. The van der Waals surface area contributed by atoms with Gasteiger partial charge < -0.3 is 19.9 Å². The van der Waals surface area contributed by atoms with E-state index in [1.165, 1.54) is 0 Å². The van der Waals surface area contributed by atoms with Crippen LogP contribution in [0.15, 0.2) is 30.6 Å². The number of hydrogen-bond donors (Lipinski definition) is 2. The molecule has 8 heteroatoms. The topological polar surface area (TPSA) is 111 Å². The van der Waals surface area contributed by atoms with Crippen LogP contribution < -0.4 is 14.8 Å². The molecule has 0 unspecified atom stereocenters. The zero-order valence-electron chi connectivity index (χ0n) is 14.0. The molecule has 0 saturated heterocycles. The van der Waals surface area contributed by atoms with E-state index in [2.05, 4.69) is 15.3 Å². The SMILES string of the molecule is CCCOc1ccc(CNC(=O)c2cnc(C(=O)O)cn2)cc1OC. The maximum Gasteiger partial charge on any atom is 0.356 e. The van der Waals surface area contributed by atoms with Gasteiger partial charge in [0, 0.05) is 6.54 Å². The standard InChI is InChI=1S/C17H19N3O5/c1-3-6-25-14-5-4-11(7-15(14)24-2)8-20-16(21)12-9-19-13(10-18-12)17(22)23/h4-5,7,9-10H,3,6,8H2,1-2H3,(H,20,21)(H,22,23). The quantitative estimate of drug-likeness (QED) is 0.751. The Morgan fingerprint density at radius 2 is 1.88 bits per heavy atom. The smallest absolute Gasteiger partial charge is 0.356 e. The summed E-state index contributed by atoms with van der Waals surface area (Å²) in [6, 6.07) is 5.40. The first-order valence-corrected chi connectivity index (χ1v) is 7.68. The van der Waals surface area contributed by atoms with E-state index in [4.69, 9.17) is 14.6 Å². The minimum atomic E-state index is -1.20. The van der Waals surface area contributed by atoms with Crippen molar-refractivity contribution in [3.63, 3.8) is 0 Å². The van der Waals surface area contributed by atoms with E-state index >= 15 is 0 Å². The number of hydrogen-bond acceptors (Lipinski definition) is 6. The van der Waals surface area contributed by atoms with Crippen LogP contribution in [0.3, 0.4) is 0 Å². The fraction of sp³-hybridized carbons (Fsp3) is 0.294. The van der Waals surface area contributed by atoms with Crippen molar-refractivity contribution >= 4 is 11.9 Å². The molecule has 0 atom stereocenters. The van der Waals surface area contributed by atoms with Gasteiger partial charge in [-0.15, -0.1) is 0 Å². The molecule has 1 aromatic carbocycles. The molecule has 2 aromatic rings. The first-order valence-electron chi connectivity index (χ1n) is 7.68. The van der Waals surface area contributed by atoms with E-state index in [1.54, 1.807) is 19.2 Å². The van der Waals surface area contributed by atoms with Gasteiger partial charge in [0.1, 0.15) is 5.69 Å². The molecule has 1 aromatic heterocycles. The Morgan fingerprint density at radius 3 is 2.48 bits per heavy atom. The fourth-order valence-corrected chi connectivity index (χ4v) is 1.98. The summed E-state index contributed by atoms with van der Waals surface area (Å²) in [5.74, 6) is -0.410. The molecule has 0 saturated carbocycles. The average Bonchev–Trinajstić information content (AvgIpc) is 2.64. The molecule has 0 spiro atoms. The van der Waals surface area contributed by atoms with E-state index in [9.17, 15) is 9.59 Å². The molecule has 8 nitrogen and oxygen atoms in total. The summed E-state index contributed by atoms with van der Waals surface area (Å²) in [5, 5.41) is 11.5. The average molecular weight is 345 g/mol. The van der Waals surface area contributed by atoms with Gasteiger partial charge >= 0.3 is 5.97 Å². The van der Waals surface area contributed by atoms with Crippen molar-refractivity contribution < 1.29 is 24.2 Å². The zero-order valence-corrected chi connectivity index (χ0v) is 14.0. The first-order chi connectivity index (χ1) is 12.0. The third-order valence-corrected chi connectivity index (χ3v) is 3.25. The lowest BCUT2D eigenvalue weighted by Gasteiger charge is -2.12. The molecule has 132 valence electrons. The van der Waals surface area contributed by atoms with Gasteiger partial charge in [0.25, 0.3) is 5.91 Å². The van der Waals surface area contributed by atoms with Crippen molar-refractivity contribution in [1.29, 1.82) is 0 Å². The fourth-order valence-electron chi connectivity index (χ4n) is 1.98. The van der Waals surface area contributed by atoms with Gasteiger partial charge in [-0.1, -0.05) is 13.0 Å². The van der Waals surface area contributed by atoms with Crippen molar-refractivity contribution in [1.82, 2.24) is 15.3 Å².